The maximum Gasteiger partial charge on any atom is 0.171 e. The van der Waals surface area contributed by atoms with Gasteiger partial charge in [0.2, 0.25) is 0 Å². The summed E-state index contributed by atoms with van der Waals surface area (Å²) in [6, 6.07) is 1.98. The first kappa shape index (κ1) is 12.9. The van der Waals surface area contributed by atoms with E-state index in [0.29, 0.717) is 5.78 Å². The van der Waals surface area contributed by atoms with Crippen LogP contribution in [0.2, 0.25) is 0 Å². The van der Waals surface area contributed by atoms with Crippen LogP contribution < -0.4 is 0 Å². The number of carbonyl (C=O) groups is 1. The zero-order chi connectivity index (χ0) is 13.5. The van der Waals surface area contributed by atoms with Gasteiger partial charge in [0.15, 0.2) is 5.78 Å². The van der Waals surface area contributed by atoms with Gasteiger partial charge in [0.1, 0.15) is 5.65 Å². The molecule has 4 heteroatoms. The molecule has 1 aliphatic carbocycles. The summed E-state index contributed by atoms with van der Waals surface area (Å²) in [6.45, 7) is 2.13. The monoisotopic (exact) mass is 320 g/mol. The molecule has 3 nitrogen and oxygen atoms in total. The summed E-state index contributed by atoms with van der Waals surface area (Å²) in [5.74, 6) is 0.290. The van der Waals surface area contributed by atoms with E-state index in [4.69, 9.17) is 0 Å². The van der Waals surface area contributed by atoms with Crippen LogP contribution in [0.3, 0.4) is 0 Å². The summed E-state index contributed by atoms with van der Waals surface area (Å²) in [5, 5.41) is 0.930. The van der Waals surface area contributed by atoms with Crippen molar-refractivity contribution in [2.45, 2.75) is 39.0 Å². The molecule has 19 heavy (non-hydrogen) atoms. The van der Waals surface area contributed by atoms with Crippen molar-refractivity contribution in [3.8, 4) is 0 Å². The molecule has 1 N–H and O–H groups in total. The fraction of sp³-hybridized carbons (Fsp3) is 0.467. The number of fused-ring (bicyclic) bond motifs is 1. The fourth-order valence-electron chi connectivity index (χ4n) is 3.24. The average molecular weight is 321 g/mol. The minimum Gasteiger partial charge on any atom is -0.345 e. The Bertz CT molecular complexity index is 626. The number of nitrogens with one attached hydrogen (secondary N) is 1. The van der Waals surface area contributed by atoms with Gasteiger partial charge in [-0.25, -0.2) is 4.98 Å². The lowest BCUT2D eigenvalue weighted by Gasteiger charge is -2.25. The molecule has 1 saturated carbocycles. The van der Waals surface area contributed by atoms with Gasteiger partial charge in [0.05, 0.1) is 0 Å². The van der Waals surface area contributed by atoms with Crippen LogP contribution in [0.4, 0.5) is 0 Å². The number of pyridine rings is 1. The number of hydrogen-bond acceptors (Lipinski definition) is 2. The van der Waals surface area contributed by atoms with Crippen LogP contribution in [0.5, 0.6) is 0 Å². The molecule has 100 valence electrons. The Labute approximate surface area is 120 Å². The van der Waals surface area contributed by atoms with Crippen molar-refractivity contribution in [3.63, 3.8) is 0 Å². The van der Waals surface area contributed by atoms with Crippen molar-refractivity contribution in [1.29, 1.82) is 0 Å². The molecule has 0 saturated heterocycles. The van der Waals surface area contributed by atoms with Gasteiger partial charge in [0, 0.05) is 33.2 Å². The van der Waals surface area contributed by atoms with Crippen molar-refractivity contribution in [1.82, 2.24) is 9.97 Å². The minimum absolute atomic E-state index is 0.141. The average Bonchev–Trinajstić information content (AvgIpc) is 3.05. The van der Waals surface area contributed by atoms with E-state index in [1.165, 1.54) is 12.8 Å². The summed E-state index contributed by atoms with van der Waals surface area (Å²) in [4.78, 5) is 20.3. The molecule has 0 atom stereocenters. The van der Waals surface area contributed by atoms with E-state index < -0.39 is 0 Å². The third-order valence-electron chi connectivity index (χ3n) is 4.46. The minimum atomic E-state index is -0.141. The van der Waals surface area contributed by atoms with Crippen LogP contribution >= 0.6 is 15.9 Å². The van der Waals surface area contributed by atoms with Crippen molar-refractivity contribution in [2.75, 3.05) is 0 Å². The molecule has 0 aliphatic heterocycles. The molecule has 0 spiro atoms. The number of halogens is 1. The molecule has 2 aromatic heterocycles. The number of rotatable bonds is 3. The maximum absolute atomic E-state index is 12.9. The van der Waals surface area contributed by atoms with E-state index in [1.807, 2.05) is 12.3 Å². The quantitative estimate of drug-likeness (QED) is 0.847. The zero-order valence-corrected chi connectivity index (χ0v) is 12.6. The summed E-state index contributed by atoms with van der Waals surface area (Å²) in [5.41, 5.74) is 1.45. The van der Waals surface area contributed by atoms with Crippen molar-refractivity contribution < 1.29 is 4.79 Å². The Kier molecular flexibility index (Phi) is 3.21. The predicted octanol–water partition coefficient (Wildman–Crippen LogP) is 4.48. The predicted molar refractivity (Wildman–Crippen MR) is 79.3 cm³/mol. The molecule has 0 bridgehead atoms. The van der Waals surface area contributed by atoms with Crippen molar-refractivity contribution in [3.05, 3.63) is 28.5 Å². The zero-order valence-electron chi connectivity index (χ0n) is 11.0. The van der Waals surface area contributed by atoms with E-state index in [9.17, 15) is 4.79 Å². The highest BCUT2D eigenvalue weighted by Gasteiger charge is 2.40. The van der Waals surface area contributed by atoms with E-state index in [1.54, 1.807) is 6.20 Å². The molecule has 1 aliphatic rings. The summed E-state index contributed by atoms with van der Waals surface area (Å²) >= 11 is 3.43. The SMILES string of the molecule is CCC1(C(=O)c2c[nH]c3ncc(Br)cc23)CCCC1. The number of hydrogen-bond donors (Lipinski definition) is 1. The lowest BCUT2D eigenvalue weighted by molar-refractivity contribution is 0.0793. The first-order chi connectivity index (χ1) is 9.16. The van der Waals surface area contributed by atoms with Gasteiger partial charge < -0.3 is 4.98 Å². The highest BCUT2D eigenvalue weighted by atomic mass is 79.9. The highest BCUT2D eigenvalue weighted by Crippen LogP contribution is 2.44. The van der Waals surface area contributed by atoms with E-state index >= 15 is 0 Å². The number of carbonyl (C=O) groups excluding carboxylic acids is 1. The van der Waals surface area contributed by atoms with Gasteiger partial charge >= 0.3 is 0 Å². The Balaban J connectivity index is 2.08. The smallest absolute Gasteiger partial charge is 0.171 e. The van der Waals surface area contributed by atoms with Crippen molar-refractivity contribution in [2.24, 2.45) is 5.41 Å². The normalized spacial score (nSPS) is 18.0. The topological polar surface area (TPSA) is 45.8 Å². The van der Waals surface area contributed by atoms with Gasteiger partial charge in [0.25, 0.3) is 0 Å². The van der Waals surface area contributed by atoms with Gasteiger partial charge in [-0.1, -0.05) is 19.8 Å². The Morgan fingerprint density at radius 3 is 2.89 bits per heavy atom. The Hall–Kier alpha value is -1.16. The van der Waals surface area contributed by atoms with Crippen LogP contribution in [-0.4, -0.2) is 15.8 Å². The summed E-state index contributed by atoms with van der Waals surface area (Å²) < 4.78 is 0.908. The molecule has 0 aromatic carbocycles. The first-order valence-electron chi connectivity index (χ1n) is 6.84. The van der Waals surface area contributed by atoms with Crippen LogP contribution in [0, 0.1) is 5.41 Å². The summed E-state index contributed by atoms with van der Waals surface area (Å²) in [6.07, 6.45) is 8.89. The lowest BCUT2D eigenvalue weighted by atomic mass is 9.76. The lowest BCUT2D eigenvalue weighted by Crippen LogP contribution is -2.27. The summed E-state index contributed by atoms with van der Waals surface area (Å²) in [7, 11) is 0. The Morgan fingerprint density at radius 2 is 2.21 bits per heavy atom. The number of H-pyrrole nitrogens is 1. The van der Waals surface area contributed by atoms with Crippen LogP contribution in [0.25, 0.3) is 11.0 Å². The molecule has 0 amide bonds. The molecule has 0 radical (unpaired) electrons. The van der Waals surface area contributed by atoms with E-state index in [0.717, 1.165) is 40.3 Å². The first-order valence-corrected chi connectivity index (χ1v) is 7.63. The number of aromatic amines is 1. The molecule has 2 heterocycles. The van der Waals surface area contributed by atoms with Crippen molar-refractivity contribution >= 4 is 32.7 Å². The molecule has 1 fully saturated rings. The number of ketones is 1. The second-order valence-corrected chi connectivity index (χ2v) is 6.34. The third-order valence-corrected chi connectivity index (χ3v) is 4.90. The molecular weight excluding hydrogens is 304 g/mol. The third kappa shape index (κ3) is 2.02. The van der Waals surface area contributed by atoms with E-state index in [-0.39, 0.29) is 5.41 Å². The van der Waals surface area contributed by atoms with Gasteiger partial charge in [-0.05, 0) is 41.3 Å². The standard InChI is InChI=1S/C15H17BrN2O/c1-2-15(5-3-4-6-15)13(19)12-9-18-14-11(12)7-10(16)8-17-14/h7-9H,2-6H2,1H3,(H,17,18). The second-order valence-electron chi connectivity index (χ2n) is 5.42. The van der Waals surface area contributed by atoms with Crippen LogP contribution in [0.1, 0.15) is 49.4 Å². The van der Waals surface area contributed by atoms with Gasteiger partial charge in [-0.15, -0.1) is 0 Å². The Morgan fingerprint density at radius 1 is 1.47 bits per heavy atom. The largest absolute Gasteiger partial charge is 0.345 e. The molecule has 3 rings (SSSR count). The second kappa shape index (κ2) is 4.75. The van der Waals surface area contributed by atoms with Gasteiger partial charge in [-0.3, -0.25) is 4.79 Å². The number of Topliss-reactive ketones (excluding diaryl/α,β-unsaturated/α-hetero) is 1. The number of aromatic nitrogens is 2. The molecule has 2 aromatic rings. The van der Waals surface area contributed by atoms with Crippen LogP contribution in [-0.2, 0) is 0 Å². The van der Waals surface area contributed by atoms with Gasteiger partial charge in [-0.2, -0.15) is 0 Å². The molecule has 0 unspecified atom stereocenters. The fourth-order valence-corrected chi connectivity index (χ4v) is 3.58. The number of nitrogens with zero attached hydrogens (tertiary/aromatic N) is 1. The highest BCUT2D eigenvalue weighted by molar-refractivity contribution is 9.10. The van der Waals surface area contributed by atoms with E-state index in [2.05, 4.69) is 32.8 Å². The molecular formula is C15H17BrN2O. The van der Waals surface area contributed by atoms with Crippen LogP contribution in [0.15, 0.2) is 22.9 Å². The maximum atomic E-state index is 12.9.